The Balaban J connectivity index is 2.52. The van der Waals surface area contributed by atoms with Gasteiger partial charge in [0.05, 0.1) is 20.3 Å². The van der Waals surface area contributed by atoms with Gasteiger partial charge in [-0.15, -0.1) is 0 Å². The Hall–Kier alpha value is -1.92. The van der Waals surface area contributed by atoms with E-state index in [1.54, 1.807) is 20.2 Å². The van der Waals surface area contributed by atoms with Crippen LogP contribution in [0.1, 0.15) is 26.3 Å². The van der Waals surface area contributed by atoms with Crippen molar-refractivity contribution in [3.8, 4) is 5.75 Å². The van der Waals surface area contributed by atoms with Crippen molar-refractivity contribution < 1.29 is 18.8 Å². The summed E-state index contributed by atoms with van der Waals surface area (Å²) in [4.78, 5) is 25.7. The Labute approximate surface area is 158 Å². The van der Waals surface area contributed by atoms with Gasteiger partial charge in [-0.25, -0.2) is 0 Å². The molecule has 0 saturated carbocycles. The smallest absolute Gasteiger partial charge is 0.246 e. The molecule has 1 rings (SSSR count). The molecule has 0 unspecified atom stereocenters. The van der Waals surface area contributed by atoms with E-state index in [1.807, 2.05) is 24.3 Å². The van der Waals surface area contributed by atoms with Gasteiger partial charge in [-0.2, -0.15) is 0 Å². The largest absolute Gasteiger partial charge is 0.497 e. The molecule has 26 heavy (non-hydrogen) atoms. The molecule has 1 aromatic carbocycles. The Bertz CT molecular complexity index is 645. The van der Waals surface area contributed by atoms with Crippen LogP contribution in [-0.4, -0.2) is 52.2 Å². The monoisotopic (exact) mass is 377 g/mol. The molecule has 0 bridgehead atoms. The molecule has 0 radical (unpaired) electrons. The summed E-state index contributed by atoms with van der Waals surface area (Å²) in [6.07, 6.45) is 3.18. The highest BCUT2D eigenvalue weighted by atomic mass is 28.4. The second-order valence-corrected chi connectivity index (χ2v) is 12.7. The zero-order valence-corrected chi connectivity index (χ0v) is 18.0. The number of hydrogen-bond acceptors (Lipinski definition) is 4. The van der Waals surface area contributed by atoms with Crippen molar-refractivity contribution in [2.75, 3.05) is 27.3 Å². The van der Waals surface area contributed by atoms with Gasteiger partial charge in [0.25, 0.3) is 0 Å². The highest BCUT2D eigenvalue weighted by Gasteiger charge is 2.37. The van der Waals surface area contributed by atoms with Gasteiger partial charge in [0.1, 0.15) is 5.75 Å². The summed E-state index contributed by atoms with van der Waals surface area (Å²) < 4.78 is 11.0. The van der Waals surface area contributed by atoms with E-state index in [2.05, 4.69) is 33.9 Å². The van der Waals surface area contributed by atoms with Crippen molar-refractivity contribution in [3.63, 3.8) is 0 Å². The zero-order valence-electron chi connectivity index (χ0n) is 17.0. The predicted molar refractivity (Wildman–Crippen MR) is 108 cm³/mol. The molecule has 0 heterocycles. The highest BCUT2D eigenvalue weighted by Crippen LogP contribution is 2.36. The van der Waals surface area contributed by atoms with Gasteiger partial charge in [-0.3, -0.25) is 9.59 Å². The number of carbonyl (C=O) groups excluding carboxylic acids is 2. The van der Waals surface area contributed by atoms with E-state index in [4.69, 9.17) is 9.16 Å². The van der Waals surface area contributed by atoms with Gasteiger partial charge in [0.15, 0.2) is 14.1 Å². The molecule has 1 aromatic rings. The van der Waals surface area contributed by atoms with Crippen LogP contribution in [0.15, 0.2) is 30.3 Å². The molecule has 0 atom stereocenters. The summed E-state index contributed by atoms with van der Waals surface area (Å²) in [7, 11) is 1.26. The lowest BCUT2D eigenvalue weighted by Crippen LogP contribution is -2.43. The zero-order chi connectivity index (χ0) is 20.0. The van der Waals surface area contributed by atoms with Crippen LogP contribution in [0.5, 0.6) is 5.75 Å². The van der Waals surface area contributed by atoms with Gasteiger partial charge in [0.2, 0.25) is 5.91 Å². The summed E-state index contributed by atoms with van der Waals surface area (Å²) in [6.45, 7) is 10.7. The molecule has 0 aromatic heterocycles. The van der Waals surface area contributed by atoms with Crippen LogP contribution in [0.4, 0.5) is 0 Å². The van der Waals surface area contributed by atoms with Crippen LogP contribution in [0.25, 0.3) is 6.08 Å². The third-order valence-electron chi connectivity index (χ3n) is 4.72. The number of ketones is 1. The first-order valence-electron chi connectivity index (χ1n) is 8.69. The van der Waals surface area contributed by atoms with Gasteiger partial charge >= 0.3 is 0 Å². The topological polar surface area (TPSA) is 55.8 Å². The fourth-order valence-corrected chi connectivity index (χ4v) is 2.83. The average molecular weight is 378 g/mol. The lowest BCUT2D eigenvalue weighted by atomic mass is 10.2. The van der Waals surface area contributed by atoms with Gasteiger partial charge in [0, 0.05) is 13.1 Å². The van der Waals surface area contributed by atoms with Crippen LogP contribution in [-0.2, 0) is 14.0 Å². The highest BCUT2D eigenvalue weighted by molar-refractivity contribution is 6.74. The first kappa shape index (κ1) is 22.1. The van der Waals surface area contributed by atoms with Crippen molar-refractivity contribution in [2.24, 2.45) is 0 Å². The third kappa shape index (κ3) is 6.76. The van der Waals surface area contributed by atoms with Crippen molar-refractivity contribution in [1.82, 2.24) is 4.90 Å². The Morgan fingerprint density at radius 1 is 1.15 bits per heavy atom. The minimum atomic E-state index is -1.96. The lowest BCUT2D eigenvalue weighted by molar-refractivity contribution is -0.131. The van der Waals surface area contributed by atoms with Crippen LogP contribution < -0.4 is 4.74 Å². The summed E-state index contributed by atoms with van der Waals surface area (Å²) >= 11 is 0. The maximum atomic E-state index is 12.2. The summed E-state index contributed by atoms with van der Waals surface area (Å²) in [5, 5.41) is 0.0517. The Morgan fingerprint density at radius 2 is 1.73 bits per heavy atom. The fraction of sp³-hybridized carbons (Fsp3) is 0.500. The molecular weight excluding hydrogens is 346 g/mol. The number of benzene rings is 1. The molecule has 6 heteroatoms. The normalized spacial score (nSPS) is 12.3. The molecule has 0 N–H and O–H groups in total. The molecule has 5 nitrogen and oxygen atoms in total. The quantitative estimate of drug-likeness (QED) is 0.511. The van der Waals surface area contributed by atoms with Gasteiger partial charge < -0.3 is 14.1 Å². The van der Waals surface area contributed by atoms with Crippen molar-refractivity contribution >= 4 is 26.1 Å². The molecule has 0 aliphatic heterocycles. The third-order valence-corrected chi connectivity index (χ3v) is 9.20. The number of methoxy groups -OCH3 is 1. The maximum Gasteiger partial charge on any atom is 0.246 e. The van der Waals surface area contributed by atoms with Gasteiger partial charge in [-0.1, -0.05) is 32.9 Å². The Kier molecular flexibility index (Phi) is 7.78. The van der Waals surface area contributed by atoms with Crippen LogP contribution in [0, 0.1) is 0 Å². The van der Waals surface area contributed by atoms with Crippen LogP contribution in [0.2, 0.25) is 18.1 Å². The number of rotatable bonds is 8. The standard InChI is InChI=1S/C20H31NO4Si/c1-20(2,3)26(6,7)25-15-17(22)14-21(4)19(23)13-10-16-8-11-18(24-5)12-9-16/h8-13H,14-15H2,1-7H3/b13-10+. The number of likely N-dealkylation sites (N-methyl/N-ethyl adjacent to an activating group) is 1. The number of amides is 1. The number of nitrogens with zero attached hydrogens (tertiary/aromatic N) is 1. The van der Waals surface area contributed by atoms with Crippen molar-refractivity contribution in [2.45, 2.75) is 38.9 Å². The van der Waals surface area contributed by atoms with E-state index in [9.17, 15) is 9.59 Å². The van der Waals surface area contributed by atoms with E-state index >= 15 is 0 Å². The van der Waals surface area contributed by atoms with Crippen LogP contribution in [0.3, 0.4) is 0 Å². The van der Waals surface area contributed by atoms with Gasteiger partial charge in [-0.05, 0) is 41.9 Å². The van der Waals surface area contributed by atoms with Crippen LogP contribution >= 0.6 is 0 Å². The molecule has 0 aliphatic carbocycles. The second kappa shape index (κ2) is 9.14. The number of Topliss-reactive ketones (excluding diaryl/α,β-unsaturated/α-hetero) is 1. The van der Waals surface area contributed by atoms with E-state index in [1.165, 1.54) is 11.0 Å². The minimum absolute atomic E-state index is 0.0421. The maximum absolute atomic E-state index is 12.2. The molecule has 0 fully saturated rings. The molecule has 0 spiro atoms. The summed E-state index contributed by atoms with van der Waals surface area (Å²) in [5.41, 5.74) is 0.889. The molecule has 144 valence electrons. The van der Waals surface area contributed by atoms with E-state index in [0.29, 0.717) is 0 Å². The molecular formula is C20H31NO4Si. The number of hydrogen-bond donors (Lipinski definition) is 0. The molecule has 0 saturated heterocycles. The molecule has 1 amide bonds. The lowest BCUT2D eigenvalue weighted by Gasteiger charge is -2.36. The second-order valence-electron chi connectivity index (χ2n) is 7.89. The Morgan fingerprint density at radius 3 is 2.23 bits per heavy atom. The first-order chi connectivity index (χ1) is 12.0. The average Bonchev–Trinajstić information content (AvgIpc) is 2.57. The van der Waals surface area contributed by atoms with Crippen molar-refractivity contribution in [3.05, 3.63) is 35.9 Å². The van der Waals surface area contributed by atoms with Crippen molar-refractivity contribution in [1.29, 1.82) is 0 Å². The molecule has 0 aliphatic rings. The summed E-state index contributed by atoms with van der Waals surface area (Å²) in [5.74, 6) is 0.447. The predicted octanol–water partition coefficient (Wildman–Crippen LogP) is 3.76. The van der Waals surface area contributed by atoms with E-state index in [-0.39, 0.29) is 29.9 Å². The van der Waals surface area contributed by atoms with E-state index in [0.717, 1.165) is 11.3 Å². The SMILES string of the molecule is COc1ccc(/C=C/C(=O)N(C)CC(=O)CO[Si](C)(C)C(C)(C)C)cc1. The fourth-order valence-electron chi connectivity index (χ4n) is 1.88. The number of carbonyl (C=O) groups is 2. The van der Waals surface area contributed by atoms with E-state index < -0.39 is 8.32 Å². The summed E-state index contributed by atoms with van der Waals surface area (Å²) in [6, 6.07) is 7.38. The first-order valence-corrected chi connectivity index (χ1v) is 11.6. The number of ether oxygens (including phenoxy) is 1. The minimum Gasteiger partial charge on any atom is -0.497 e.